The van der Waals surface area contributed by atoms with Crippen LogP contribution in [0.25, 0.3) is 11.1 Å². The van der Waals surface area contributed by atoms with E-state index in [0.29, 0.717) is 58.9 Å². The van der Waals surface area contributed by atoms with Crippen LogP contribution in [0.2, 0.25) is 10.0 Å². The highest BCUT2D eigenvalue weighted by atomic mass is 35.5. The predicted molar refractivity (Wildman–Crippen MR) is 126 cm³/mol. The number of urea groups is 1. The van der Waals surface area contributed by atoms with Crippen LogP contribution in [0.3, 0.4) is 0 Å². The maximum atomic E-state index is 14.9. The molecule has 1 fully saturated rings. The number of nitrogens with zero attached hydrogens (tertiary/aromatic N) is 2. The van der Waals surface area contributed by atoms with Crippen LogP contribution in [-0.2, 0) is 11.3 Å². The number of para-hydroxylation sites is 1. The van der Waals surface area contributed by atoms with Crippen molar-refractivity contribution in [1.29, 1.82) is 0 Å². The molecule has 1 saturated heterocycles. The number of rotatable bonds is 3. The number of anilines is 3. The minimum Gasteiger partial charge on any atom is -0.378 e. The van der Waals surface area contributed by atoms with Gasteiger partial charge in [-0.2, -0.15) is 0 Å². The van der Waals surface area contributed by atoms with Crippen LogP contribution in [0.15, 0.2) is 48.5 Å². The quantitative estimate of drug-likeness (QED) is 0.480. The van der Waals surface area contributed by atoms with Crippen LogP contribution < -0.4 is 15.1 Å². The smallest absolute Gasteiger partial charge is 0.326 e. The summed E-state index contributed by atoms with van der Waals surface area (Å²) in [6.07, 6.45) is 0. The molecule has 2 aliphatic rings. The van der Waals surface area contributed by atoms with E-state index in [-0.39, 0.29) is 12.1 Å². The van der Waals surface area contributed by atoms with Gasteiger partial charge in [0, 0.05) is 42.5 Å². The van der Waals surface area contributed by atoms with E-state index in [1.807, 2.05) is 12.1 Å². The van der Waals surface area contributed by atoms with Crippen molar-refractivity contribution in [3.63, 3.8) is 0 Å². The molecule has 0 saturated carbocycles. The number of amides is 2. The molecule has 0 unspecified atom stereocenters. The molecule has 0 spiro atoms. The van der Waals surface area contributed by atoms with E-state index in [2.05, 4.69) is 10.2 Å². The number of hydrogen-bond donors (Lipinski definition) is 1. The van der Waals surface area contributed by atoms with Gasteiger partial charge in [0.05, 0.1) is 34.6 Å². The van der Waals surface area contributed by atoms with Crippen molar-refractivity contribution in [2.75, 3.05) is 36.1 Å². The third-order valence-electron chi connectivity index (χ3n) is 5.83. The van der Waals surface area contributed by atoms with E-state index in [4.69, 9.17) is 27.9 Å². The number of benzene rings is 3. The standard InChI is InChI=1S/C24H19Cl2F2N3O2/c25-19-2-1-3-20(26)23(19)31-22-12-15(30-6-8-33-9-7-30)11-17(18(22)13-29-24(31)32)16-5-4-14(27)10-21(16)28/h1-5,10-12H,6-9,13H2,(H,29,32). The summed E-state index contributed by atoms with van der Waals surface area (Å²) in [4.78, 5) is 16.6. The fraction of sp³-hybridized carbons (Fsp3) is 0.208. The zero-order valence-electron chi connectivity index (χ0n) is 17.4. The molecule has 9 heteroatoms. The first kappa shape index (κ1) is 21.9. The highest BCUT2D eigenvalue weighted by molar-refractivity contribution is 6.40. The van der Waals surface area contributed by atoms with E-state index in [0.717, 1.165) is 11.8 Å². The summed E-state index contributed by atoms with van der Waals surface area (Å²) in [5.41, 5.74) is 3.14. The van der Waals surface area contributed by atoms with Crippen LogP contribution in [-0.4, -0.2) is 32.3 Å². The lowest BCUT2D eigenvalue weighted by molar-refractivity contribution is 0.122. The zero-order valence-corrected chi connectivity index (χ0v) is 18.9. The Kier molecular flexibility index (Phi) is 5.86. The van der Waals surface area contributed by atoms with E-state index >= 15 is 0 Å². The van der Waals surface area contributed by atoms with E-state index in [9.17, 15) is 13.6 Å². The van der Waals surface area contributed by atoms with Gasteiger partial charge in [-0.25, -0.2) is 13.6 Å². The number of halogens is 4. The molecule has 0 aromatic heterocycles. The number of morpholine rings is 1. The number of ether oxygens (including phenoxy) is 1. The molecule has 0 aliphatic carbocycles. The van der Waals surface area contributed by atoms with Gasteiger partial charge in [-0.05, 0) is 42.0 Å². The summed E-state index contributed by atoms with van der Waals surface area (Å²) in [5.74, 6) is -1.34. The molecule has 2 amide bonds. The van der Waals surface area contributed by atoms with Gasteiger partial charge in [0.1, 0.15) is 11.6 Å². The van der Waals surface area contributed by atoms with Gasteiger partial charge in [-0.3, -0.25) is 4.90 Å². The monoisotopic (exact) mass is 489 g/mol. The Morgan fingerprint density at radius 2 is 1.67 bits per heavy atom. The van der Waals surface area contributed by atoms with Crippen molar-refractivity contribution in [3.8, 4) is 11.1 Å². The predicted octanol–water partition coefficient (Wildman–Crippen LogP) is 6.14. The zero-order chi connectivity index (χ0) is 23.1. The van der Waals surface area contributed by atoms with Gasteiger partial charge in [-0.1, -0.05) is 29.3 Å². The molecule has 0 radical (unpaired) electrons. The van der Waals surface area contributed by atoms with Gasteiger partial charge in [-0.15, -0.1) is 0 Å². The normalized spacial score (nSPS) is 15.9. The SMILES string of the molecule is O=C1NCc2c(-c3ccc(F)cc3F)cc(N3CCOCC3)cc2N1c1c(Cl)cccc1Cl. The second kappa shape index (κ2) is 8.82. The van der Waals surface area contributed by atoms with Crippen LogP contribution in [0.4, 0.5) is 30.6 Å². The fourth-order valence-corrected chi connectivity index (χ4v) is 4.82. The maximum Gasteiger partial charge on any atom is 0.326 e. The average molecular weight is 490 g/mol. The molecule has 3 aromatic rings. The lowest BCUT2D eigenvalue weighted by atomic mass is 9.94. The summed E-state index contributed by atoms with van der Waals surface area (Å²) in [5, 5.41) is 3.43. The topological polar surface area (TPSA) is 44.8 Å². The minimum atomic E-state index is -0.685. The second-order valence-electron chi connectivity index (χ2n) is 7.78. The molecule has 33 heavy (non-hydrogen) atoms. The van der Waals surface area contributed by atoms with E-state index in [1.165, 1.54) is 17.0 Å². The Morgan fingerprint density at radius 1 is 0.939 bits per heavy atom. The molecule has 5 nitrogen and oxygen atoms in total. The first-order valence-corrected chi connectivity index (χ1v) is 11.2. The van der Waals surface area contributed by atoms with Crippen molar-refractivity contribution in [2.24, 2.45) is 0 Å². The van der Waals surface area contributed by atoms with E-state index in [1.54, 1.807) is 18.2 Å². The first-order valence-electron chi connectivity index (χ1n) is 10.4. The summed E-state index contributed by atoms with van der Waals surface area (Å²) in [6, 6.07) is 11.8. The molecule has 2 aliphatic heterocycles. The summed E-state index contributed by atoms with van der Waals surface area (Å²) in [6.45, 7) is 2.56. The highest BCUT2D eigenvalue weighted by Gasteiger charge is 2.32. The van der Waals surface area contributed by atoms with E-state index < -0.39 is 17.7 Å². The van der Waals surface area contributed by atoms with Crippen LogP contribution in [0.5, 0.6) is 0 Å². The number of nitrogens with one attached hydrogen (secondary N) is 1. The number of carbonyl (C=O) groups is 1. The molecule has 0 bridgehead atoms. The number of fused-ring (bicyclic) bond motifs is 1. The third-order valence-corrected chi connectivity index (χ3v) is 6.44. The minimum absolute atomic E-state index is 0.169. The Bertz CT molecular complexity index is 1230. The van der Waals surface area contributed by atoms with Crippen molar-refractivity contribution in [1.82, 2.24) is 5.32 Å². The third kappa shape index (κ3) is 4.01. The van der Waals surface area contributed by atoms with Crippen LogP contribution in [0.1, 0.15) is 5.56 Å². The maximum absolute atomic E-state index is 14.9. The Hall–Kier alpha value is -2.87. The molecule has 2 heterocycles. The highest BCUT2D eigenvalue weighted by Crippen LogP contribution is 2.45. The first-order chi connectivity index (χ1) is 15.9. The molecular formula is C24H19Cl2F2N3O2. The molecule has 1 N–H and O–H groups in total. The van der Waals surface area contributed by atoms with Gasteiger partial charge < -0.3 is 15.0 Å². The number of hydrogen-bond acceptors (Lipinski definition) is 3. The molecule has 170 valence electrons. The fourth-order valence-electron chi connectivity index (χ4n) is 4.26. The van der Waals surface area contributed by atoms with Gasteiger partial charge >= 0.3 is 6.03 Å². The average Bonchev–Trinajstić information content (AvgIpc) is 2.80. The Balaban J connectivity index is 1.77. The van der Waals surface area contributed by atoms with Gasteiger partial charge in [0.2, 0.25) is 0 Å². The summed E-state index contributed by atoms with van der Waals surface area (Å²) in [7, 11) is 0. The van der Waals surface area contributed by atoms with Crippen molar-refractivity contribution in [3.05, 3.63) is 75.8 Å². The molecular weight excluding hydrogens is 471 g/mol. The molecule has 3 aromatic carbocycles. The number of carbonyl (C=O) groups excluding carboxylic acids is 1. The van der Waals surface area contributed by atoms with Crippen LogP contribution >= 0.6 is 23.2 Å². The molecule has 0 atom stereocenters. The second-order valence-corrected chi connectivity index (χ2v) is 8.59. The Labute approximate surface area is 199 Å². The summed E-state index contributed by atoms with van der Waals surface area (Å²) < 4.78 is 34.0. The lowest BCUT2D eigenvalue weighted by Crippen LogP contribution is -2.42. The Morgan fingerprint density at radius 3 is 2.36 bits per heavy atom. The lowest BCUT2D eigenvalue weighted by Gasteiger charge is -2.35. The van der Waals surface area contributed by atoms with Crippen molar-refractivity contribution in [2.45, 2.75) is 6.54 Å². The van der Waals surface area contributed by atoms with Crippen molar-refractivity contribution >= 4 is 46.3 Å². The summed E-state index contributed by atoms with van der Waals surface area (Å²) >= 11 is 12.9. The van der Waals surface area contributed by atoms with Crippen LogP contribution in [0, 0.1) is 11.6 Å². The van der Waals surface area contributed by atoms with Crippen molar-refractivity contribution < 1.29 is 18.3 Å². The van der Waals surface area contributed by atoms with Gasteiger partial charge in [0.25, 0.3) is 0 Å². The molecule has 5 rings (SSSR count). The van der Waals surface area contributed by atoms with Gasteiger partial charge in [0.15, 0.2) is 0 Å². The largest absolute Gasteiger partial charge is 0.378 e.